The van der Waals surface area contributed by atoms with Crippen molar-refractivity contribution in [2.75, 3.05) is 18.0 Å². The summed E-state index contributed by atoms with van der Waals surface area (Å²) in [5.74, 6) is 0.235. The van der Waals surface area contributed by atoms with Gasteiger partial charge in [0.1, 0.15) is 0 Å². The van der Waals surface area contributed by atoms with Gasteiger partial charge in [-0.05, 0) is 43.7 Å². The third-order valence-electron chi connectivity index (χ3n) is 5.92. The van der Waals surface area contributed by atoms with Crippen LogP contribution >= 0.6 is 0 Å². The normalized spacial score (nSPS) is 13.0. The Kier molecular flexibility index (Phi) is 5.48. The maximum atomic E-state index is 13.5. The highest BCUT2D eigenvalue weighted by molar-refractivity contribution is 7.92. The summed E-state index contributed by atoms with van der Waals surface area (Å²) in [6.07, 6.45) is 1.69. The first-order valence-corrected chi connectivity index (χ1v) is 12.3. The molecule has 0 amide bonds. The predicted octanol–water partition coefficient (Wildman–Crippen LogP) is 3.26. The van der Waals surface area contributed by atoms with Crippen molar-refractivity contribution in [3.05, 3.63) is 93.2 Å². The van der Waals surface area contributed by atoms with Crippen molar-refractivity contribution < 1.29 is 18.2 Å². The lowest BCUT2D eigenvalue weighted by Crippen LogP contribution is -2.34. The minimum atomic E-state index is -3.91. The maximum absolute atomic E-state index is 13.5. The van der Waals surface area contributed by atoms with Gasteiger partial charge in [-0.25, -0.2) is 27.2 Å². The van der Waals surface area contributed by atoms with Gasteiger partial charge in [-0.3, -0.25) is 9.89 Å². The fourth-order valence-corrected chi connectivity index (χ4v) is 5.58. The highest BCUT2D eigenvalue weighted by atomic mass is 32.2. The molecule has 0 aliphatic carbocycles. The van der Waals surface area contributed by atoms with E-state index in [1.807, 2.05) is 6.92 Å². The van der Waals surface area contributed by atoms with Crippen LogP contribution in [0.5, 0.6) is 0 Å². The molecule has 178 valence electrons. The van der Waals surface area contributed by atoms with Crippen LogP contribution < -0.4 is 9.86 Å². The van der Waals surface area contributed by atoms with Crippen LogP contribution in [0.4, 0.5) is 11.5 Å². The Morgan fingerprint density at radius 3 is 2.60 bits per heavy atom. The molecule has 0 spiro atoms. The van der Waals surface area contributed by atoms with Crippen LogP contribution in [0.1, 0.15) is 11.1 Å². The number of pyridine rings is 1. The lowest BCUT2D eigenvalue weighted by molar-refractivity contribution is -0.736. The van der Waals surface area contributed by atoms with E-state index in [2.05, 4.69) is 10.1 Å². The predicted molar refractivity (Wildman–Crippen MR) is 129 cm³/mol. The summed E-state index contributed by atoms with van der Waals surface area (Å²) >= 11 is 0. The van der Waals surface area contributed by atoms with Crippen molar-refractivity contribution in [2.24, 2.45) is 0 Å². The molecule has 1 aliphatic rings. The summed E-state index contributed by atoms with van der Waals surface area (Å²) in [5.41, 5.74) is 2.67. The summed E-state index contributed by atoms with van der Waals surface area (Å²) in [6.45, 7) is 1.93. The topological polar surface area (TPSA) is 117 Å². The molecule has 0 fully saturated rings. The molecule has 0 radical (unpaired) electrons. The summed E-state index contributed by atoms with van der Waals surface area (Å²) < 4.78 is 29.7. The van der Waals surface area contributed by atoms with Crippen molar-refractivity contribution in [2.45, 2.75) is 18.2 Å². The molecule has 0 atom stereocenters. The Balaban J connectivity index is 1.63. The zero-order chi connectivity index (χ0) is 24.7. The van der Waals surface area contributed by atoms with E-state index in [9.17, 15) is 18.1 Å². The van der Waals surface area contributed by atoms with E-state index in [0.29, 0.717) is 27.4 Å². The molecule has 0 bridgehead atoms. The number of benzene rings is 2. The molecule has 11 heteroatoms. The lowest BCUT2D eigenvalue weighted by Gasteiger charge is -2.23. The number of hydrogen-bond donors (Lipinski definition) is 1. The maximum Gasteiger partial charge on any atom is 0.318 e. The number of aromatic amines is 1. The van der Waals surface area contributed by atoms with Crippen molar-refractivity contribution >= 4 is 21.5 Å². The SMILES string of the molecule is CO[N+](=O)c1cccc(-n2[nH]c3c(c2=O)CCN(S(=O)(=O)c2ccc(C)cc2)c2ncccc2-3)c1. The molecule has 1 N–H and O–H groups in total. The van der Waals surface area contributed by atoms with E-state index in [0.717, 1.165) is 5.56 Å². The Labute approximate surface area is 201 Å². The molecule has 0 saturated carbocycles. The molecule has 5 rings (SSSR count). The number of aromatic nitrogens is 3. The number of hydrogen-bond acceptors (Lipinski definition) is 6. The third kappa shape index (κ3) is 3.79. The molecule has 2 aromatic carbocycles. The number of sulfonamides is 1. The van der Waals surface area contributed by atoms with Gasteiger partial charge in [-0.1, -0.05) is 23.8 Å². The molecule has 1 aliphatic heterocycles. The van der Waals surface area contributed by atoms with Gasteiger partial charge < -0.3 is 0 Å². The van der Waals surface area contributed by atoms with E-state index < -0.39 is 10.0 Å². The number of nitrogens with one attached hydrogen (secondary N) is 1. The summed E-state index contributed by atoms with van der Waals surface area (Å²) in [7, 11) is -2.66. The van der Waals surface area contributed by atoms with E-state index in [1.165, 1.54) is 28.4 Å². The Morgan fingerprint density at radius 2 is 1.86 bits per heavy atom. The molecule has 0 saturated heterocycles. The van der Waals surface area contributed by atoms with Crippen LogP contribution in [0.3, 0.4) is 0 Å². The number of anilines is 1. The van der Waals surface area contributed by atoms with Gasteiger partial charge in [0, 0.05) is 36.0 Å². The van der Waals surface area contributed by atoms with Gasteiger partial charge in [0.15, 0.2) is 12.9 Å². The molecule has 35 heavy (non-hydrogen) atoms. The smallest absolute Gasteiger partial charge is 0.290 e. The molecule has 3 heterocycles. The van der Waals surface area contributed by atoms with Crippen molar-refractivity contribution in [3.8, 4) is 16.9 Å². The van der Waals surface area contributed by atoms with Gasteiger partial charge in [-0.15, -0.1) is 0 Å². The first kappa shape index (κ1) is 22.5. The van der Waals surface area contributed by atoms with Crippen molar-refractivity contribution in [3.63, 3.8) is 0 Å². The van der Waals surface area contributed by atoms with Crippen LogP contribution in [0.25, 0.3) is 16.9 Å². The van der Waals surface area contributed by atoms with E-state index in [-0.39, 0.29) is 34.9 Å². The average molecular weight is 493 g/mol. The van der Waals surface area contributed by atoms with E-state index >= 15 is 0 Å². The summed E-state index contributed by atoms with van der Waals surface area (Å²) in [6, 6.07) is 16.4. The molecular weight excluding hydrogens is 470 g/mol. The second-order valence-corrected chi connectivity index (χ2v) is 9.94. The lowest BCUT2D eigenvalue weighted by atomic mass is 10.1. The van der Waals surface area contributed by atoms with Gasteiger partial charge >= 0.3 is 5.69 Å². The van der Waals surface area contributed by atoms with Gasteiger partial charge in [0.25, 0.3) is 20.5 Å². The Morgan fingerprint density at radius 1 is 1.09 bits per heavy atom. The van der Waals surface area contributed by atoms with Gasteiger partial charge in [-0.2, -0.15) is 0 Å². The van der Waals surface area contributed by atoms with Crippen LogP contribution in [0, 0.1) is 11.8 Å². The molecule has 10 nitrogen and oxygen atoms in total. The highest BCUT2D eigenvalue weighted by Gasteiger charge is 2.33. The van der Waals surface area contributed by atoms with E-state index in [4.69, 9.17) is 4.84 Å². The number of nitrogens with zero attached hydrogens (tertiary/aromatic N) is 4. The van der Waals surface area contributed by atoms with Crippen LogP contribution in [-0.2, 0) is 21.3 Å². The number of H-pyrrole nitrogens is 1. The average Bonchev–Trinajstić information content (AvgIpc) is 3.09. The number of fused-ring (bicyclic) bond motifs is 3. The molecular formula is C24H22N5O5S+. The first-order valence-electron chi connectivity index (χ1n) is 10.8. The number of aryl methyl sites for hydroxylation is 1. The molecule has 4 aromatic rings. The first-order chi connectivity index (χ1) is 16.8. The van der Waals surface area contributed by atoms with Crippen molar-refractivity contribution in [1.29, 1.82) is 0 Å². The molecule has 2 aromatic heterocycles. The third-order valence-corrected chi connectivity index (χ3v) is 7.72. The fraction of sp³-hybridized carbons (Fsp3) is 0.167. The zero-order valence-corrected chi connectivity index (χ0v) is 19.8. The quantitative estimate of drug-likeness (QED) is 0.428. The van der Waals surface area contributed by atoms with Crippen LogP contribution in [0.2, 0.25) is 0 Å². The summed E-state index contributed by atoms with van der Waals surface area (Å²) in [4.78, 5) is 34.9. The van der Waals surface area contributed by atoms with Crippen LogP contribution in [0.15, 0.2) is 76.6 Å². The second-order valence-electron chi connectivity index (χ2n) is 8.08. The second kappa shape index (κ2) is 8.51. The van der Waals surface area contributed by atoms with Gasteiger partial charge in [0.2, 0.25) is 0 Å². The standard InChI is InChI=1S/C24H21N5O5S/c1-16-8-10-19(11-9-16)35(32,33)27-14-12-21-22(20-7-4-13-25-23(20)27)26-28(24(21)30)17-5-3-6-18(15-17)29(31)34-2/h3-11,13,15H,12,14H2,1-2H3/p+1. The summed E-state index contributed by atoms with van der Waals surface area (Å²) in [5, 5.41) is 3.10. The van der Waals surface area contributed by atoms with Crippen molar-refractivity contribution in [1.82, 2.24) is 14.8 Å². The zero-order valence-electron chi connectivity index (χ0n) is 19.0. The van der Waals surface area contributed by atoms with E-state index in [1.54, 1.807) is 54.6 Å². The highest BCUT2D eigenvalue weighted by Crippen LogP contribution is 2.35. The minimum Gasteiger partial charge on any atom is -0.290 e. The molecule has 0 unspecified atom stereocenters. The number of rotatable bonds is 5. The van der Waals surface area contributed by atoms with Crippen LogP contribution in [-0.4, -0.2) is 41.8 Å². The Hall–Kier alpha value is -4.25. The minimum absolute atomic E-state index is 0.0400. The fourth-order valence-electron chi connectivity index (χ4n) is 4.14. The monoisotopic (exact) mass is 492 g/mol. The largest absolute Gasteiger partial charge is 0.318 e. The Bertz CT molecular complexity index is 1610. The van der Waals surface area contributed by atoms with Gasteiger partial charge in [0.05, 0.1) is 21.2 Å².